The summed E-state index contributed by atoms with van der Waals surface area (Å²) in [7, 11) is 0. The van der Waals surface area contributed by atoms with Crippen molar-refractivity contribution in [3.63, 3.8) is 0 Å². The van der Waals surface area contributed by atoms with Crippen molar-refractivity contribution in [2.24, 2.45) is 0 Å². The monoisotopic (exact) mass is 271 g/mol. The highest BCUT2D eigenvalue weighted by molar-refractivity contribution is 7.99. The molecule has 1 atom stereocenters. The van der Waals surface area contributed by atoms with Gasteiger partial charge in [-0.3, -0.25) is 9.69 Å². The van der Waals surface area contributed by atoms with Crippen LogP contribution in [0, 0.1) is 0 Å². The molecule has 17 heavy (non-hydrogen) atoms. The second kappa shape index (κ2) is 5.76. The van der Waals surface area contributed by atoms with Crippen molar-refractivity contribution in [2.75, 3.05) is 24.6 Å². The topological polar surface area (TPSA) is 40.5 Å². The zero-order valence-electron chi connectivity index (χ0n) is 9.30. The summed E-state index contributed by atoms with van der Waals surface area (Å²) in [5.74, 6) is 1.17. The number of rotatable bonds is 3. The molecule has 1 N–H and O–H groups in total. The molecule has 1 saturated heterocycles. The number of halogens is 1. The van der Waals surface area contributed by atoms with Crippen molar-refractivity contribution in [3.05, 3.63) is 34.9 Å². The quantitative estimate of drug-likeness (QED) is 0.917. The van der Waals surface area contributed by atoms with Crippen LogP contribution in [-0.4, -0.2) is 40.6 Å². The van der Waals surface area contributed by atoms with Gasteiger partial charge in [-0.15, -0.1) is 0 Å². The predicted octanol–water partition coefficient (Wildman–Crippen LogP) is 2.51. The maximum atomic E-state index is 10.8. The number of hydrogen-bond acceptors (Lipinski definition) is 3. The van der Waals surface area contributed by atoms with E-state index in [2.05, 4.69) is 0 Å². The third kappa shape index (κ3) is 3.37. The molecule has 0 spiro atoms. The smallest absolute Gasteiger partial charge is 0.317 e. The molecular weight excluding hydrogens is 258 g/mol. The van der Waals surface area contributed by atoms with Crippen LogP contribution in [0.1, 0.15) is 11.6 Å². The zero-order chi connectivity index (χ0) is 12.3. The SMILES string of the molecule is O=C(O)CN1CCSC[C@H]1c1ccc(Cl)cc1. The Morgan fingerprint density at radius 3 is 2.82 bits per heavy atom. The fourth-order valence-corrected chi connectivity index (χ4v) is 3.28. The van der Waals surface area contributed by atoms with Gasteiger partial charge in [0, 0.05) is 29.1 Å². The molecule has 0 unspecified atom stereocenters. The van der Waals surface area contributed by atoms with Crippen LogP contribution < -0.4 is 0 Å². The molecule has 0 aromatic heterocycles. The van der Waals surface area contributed by atoms with Crippen molar-refractivity contribution in [1.29, 1.82) is 0 Å². The van der Waals surface area contributed by atoms with Crippen molar-refractivity contribution < 1.29 is 9.90 Å². The summed E-state index contributed by atoms with van der Waals surface area (Å²) >= 11 is 7.72. The number of nitrogens with zero attached hydrogens (tertiary/aromatic N) is 1. The minimum atomic E-state index is -0.768. The van der Waals surface area contributed by atoms with Gasteiger partial charge in [-0.2, -0.15) is 11.8 Å². The molecule has 1 aliphatic rings. The van der Waals surface area contributed by atoms with E-state index in [4.69, 9.17) is 16.7 Å². The van der Waals surface area contributed by atoms with Crippen LogP contribution in [0.15, 0.2) is 24.3 Å². The highest BCUT2D eigenvalue weighted by atomic mass is 35.5. The average molecular weight is 272 g/mol. The molecule has 1 fully saturated rings. The molecule has 3 nitrogen and oxygen atoms in total. The maximum absolute atomic E-state index is 10.8. The molecule has 0 saturated carbocycles. The number of hydrogen-bond donors (Lipinski definition) is 1. The number of benzene rings is 1. The molecule has 5 heteroatoms. The molecular formula is C12H14ClNO2S. The second-order valence-electron chi connectivity index (χ2n) is 4.01. The highest BCUT2D eigenvalue weighted by Gasteiger charge is 2.25. The van der Waals surface area contributed by atoms with Gasteiger partial charge < -0.3 is 5.11 Å². The number of thioether (sulfide) groups is 1. The van der Waals surface area contributed by atoms with E-state index >= 15 is 0 Å². The van der Waals surface area contributed by atoms with Gasteiger partial charge in [0.1, 0.15) is 0 Å². The Bertz CT molecular complexity index is 396. The largest absolute Gasteiger partial charge is 0.480 e. The standard InChI is InChI=1S/C12H14ClNO2S/c13-10-3-1-9(2-4-10)11-8-17-6-5-14(11)7-12(15)16/h1-4,11H,5-8H2,(H,15,16)/t11-/m0/s1. The first-order valence-electron chi connectivity index (χ1n) is 5.46. The van der Waals surface area contributed by atoms with E-state index in [1.165, 1.54) is 0 Å². The van der Waals surface area contributed by atoms with Gasteiger partial charge in [0.25, 0.3) is 0 Å². The lowest BCUT2D eigenvalue weighted by Gasteiger charge is -2.34. The number of aliphatic carboxylic acids is 1. The Morgan fingerprint density at radius 1 is 1.47 bits per heavy atom. The Kier molecular flexibility index (Phi) is 4.31. The molecule has 1 aromatic carbocycles. The van der Waals surface area contributed by atoms with E-state index in [-0.39, 0.29) is 12.6 Å². The van der Waals surface area contributed by atoms with Crippen molar-refractivity contribution in [2.45, 2.75) is 6.04 Å². The summed E-state index contributed by atoms with van der Waals surface area (Å²) in [6.07, 6.45) is 0. The van der Waals surface area contributed by atoms with E-state index in [0.29, 0.717) is 5.02 Å². The zero-order valence-corrected chi connectivity index (χ0v) is 10.9. The van der Waals surface area contributed by atoms with Gasteiger partial charge in [0.05, 0.1) is 6.54 Å². The fraction of sp³-hybridized carbons (Fsp3) is 0.417. The Balaban J connectivity index is 2.15. The molecule has 1 aromatic rings. The molecule has 1 heterocycles. The summed E-state index contributed by atoms with van der Waals surface area (Å²) in [6, 6.07) is 7.85. The summed E-state index contributed by atoms with van der Waals surface area (Å²) < 4.78 is 0. The number of carboxylic acids is 1. The molecule has 2 rings (SSSR count). The first kappa shape index (κ1) is 12.7. The third-order valence-electron chi connectivity index (χ3n) is 2.83. The van der Waals surface area contributed by atoms with Crippen LogP contribution in [0.2, 0.25) is 5.02 Å². The molecule has 1 aliphatic heterocycles. The molecule has 0 amide bonds. The van der Waals surface area contributed by atoms with E-state index in [0.717, 1.165) is 23.6 Å². The lowest BCUT2D eigenvalue weighted by atomic mass is 10.1. The lowest BCUT2D eigenvalue weighted by molar-refractivity contribution is -0.138. The minimum absolute atomic E-state index is 0.105. The normalized spacial score (nSPS) is 21.4. The molecule has 0 radical (unpaired) electrons. The van der Waals surface area contributed by atoms with Gasteiger partial charge in [-0.25, -0.2) is 0 Å². The van der Waals surface area contributed by atoms with Crippen LogP contribution in [-0.2, 0) is 4.79 Å². The number of carboxylic acid groups (broad SMARTS) is 1. The average Bonchev–Trinajstić information content (AvgIpc) is 2.30. The minimum Gasteiger partial charge on any atom is -0.480 e. The van der Waals surface area contributed by atoms with Crippen molar-refractivity contribution >= 4 is 29.3 Å². The maximum Gasteiger partial charge on any atom is 0.317 e. The first-order chi connectivity index (χ1) is 8.16. The summed E-state index contributed by atoms with van der Waals surface area (Å²) in [5.41, 5.74) is 1.14. The molecule has 0 aliphatic carbocycles. The van der Waals surface area contributed by atoms with E-state index in [9.17, 15) is 4.79 Å². The van der Waals surface area contributed by atoms with Crippen LogP contribution in [0.5, 0.6) is 0 Å². The summed E-state index contributed by atoms with van der Waals surface area (Å²) in [4.78, 5) is 12.8. The van der Waals surface area contributed by atoms with E-state index in [1.807, 2.05) is 40.9 Å². The van der Waals surface area contributed by atoms with Crippen molar-refractivity contribution in [1.82, 2.24) is 4.90 Å². The molecule has 92 valence electrons. The summed E-state index contributed by atoms with van der Waals surface area (Å²) in [5, 5.41) is 9.62. The van der Waals surface area contributed by atoms with Gasteiger partial charge in [-0.05, 0) is 17.7 Å². The second-order valence-corrected chi connectivity index (χ2v) is 5.59. The fourth-order valence-electron chi connectivity index (χ4n) is 1.99. The highest BCUT2D eigenvalue weighted by Crippen LogP contribution is 2.29. The van der Waals surface area contributed by atoms with Crippen LogP contribution in [0.25, 0.3) is 0 Å². The van der Waals surface area contributed by atoms with Crippen molar-refractivity contribution in [3.8, 4) is 0 Å². The predicted molar refractivity (Wildman–Crippen MR) is 70.7 cm³/mol. The van der Waals surface area contributed by atoms with Gasteiger partial charge in [0.2, 0.25) is 0 Å². The third-order valence-corrected chi connectivity index (χ3v) is 4.11. The molecule has 0 bridgehead atoms. The van der Waals surface area contributed by atoms with Crippen LogP contribution in [0.4, 0.5) is 0 Å². The lowest BCUT2D eigenvalue weighted by Crippen LogP contribution is -2.39. The Morgan fingerprint density at radius 2 is 2.18 bits per heavy atom. The number of carbonyl (C=O) groups is 1. The first-order valence-corrected chi connectivity index (χ1v) is 6.99. The van der Waals surface area contributed by atoms with E-state index in [1.54, 1.807) is 0 Å². The van der Waals surface area contributed by atoms with Crippen LogP contribution >= 0.6 is 23.4 Å². The van der Waals surface area contributed by atoms with Gasteiger partial charge >= 0.3 is 5.97 Å². The van der Waals surface area contributed by atoms with E-state index < -0.39 is 5.97 Å². The summed E-state index contributed by atoms with van der Waals surface area (Å²) in [6.45, 7) is 0.929. The Labute approximate surface area is 110 Å². The van der Waals surface area contributed by atoms with Gasteiger partial charge in [0.15, 0.2) is 0 Å². The van der Waals surface area contributed by atoms with Crippen LogP contribution in [0.3, 0.4) is 0 Å². The Hall–Kier alpha value is -0.710. The van der Waals surface area contributed by atoms with Gasteiger partial charge in [-0.1, -0.05) is 23.7 Å².